The summed E-state index contributed by atoms with van der Waals surface area (Å²) in [7, 11) is 0. The number of urea groups is 1. The van der Waals surface area contributed by atoms with Gasteiger partial charge in [-0.1, -0.05) is 12.1 Å². The molecule has 1 saturated heterocycles. The number of rotatable bonds is 4. The fourth-order valence-electron chi connectivity index (χ4n) is 3.71. The van der Waals surface area contributed by atoms with Crippen LogP contribution >= 0.6 is 0 Å². The van der Waals surface area contributed by atoms with E-state index in [-0.39, 0.29) is 11.6 Å². The van der Waals surface area contributed by atoms with Crippen LogP contribution < -0.4 is 15.5 Å². The van der Waals surface area contributed by atoms with Gasteiger partial charge >= 0.3 is 12.2 Å². The minimum atomic E-state index is -4.45. The number of nitrogens with one attached hydrogen (secondary N) is 2. The van der Waals surface area contributed by atoms with Gasteiger partial charge in [0.2, 0.25) is 5.91 Å². The number of piperidine rings is 1. The summed E-state index contributed by atoms with van der Waals surface area (Å²) in [5, 5.41) is 5.10. The van der Waals surface area contributed by atoms with Crippen LogP contribution in [0.1, 0.15) is 18.4 Å². The molecule has 1 aliphatic rings. The largest absolute Gasteiger partial charge is 0.416 e. The van der Waals surface area contributed by atoms with Gasteiger partial charge in [0.05, 0.1) is 5.56 Å². The van der Waals surface area contributed by atoms with Crippen molar-refractivity contribution >= 4 is 23.3 Å². The summed E-state index contributed by atoms with van der Waals surface area (Å²) >= 11 is 0. The molecule has 4 rings (SSSR count). The van der Waals surface area contributed by atoms with Gasteiger partial charge in [-0.2, -0.15) is 13.2 Å². The fourth-order valence-corrected chi connectivity index (χ4v) is 3.71. The minimum Gasteiger partial charge on any atom is -0.326 e. The van der Waals surface area contributed by atoms with Crippen molar-refractivity contribution in [2.75, 3.05) is 16.8 Å². The van der Waals surface area contributed by atoms with Gasteiger partial charge in [-0.15, -0.1) is 0 Å². The Morgan fingerprint density at radius 1 is 0.939 bits per heavy atom. The first-order valence-electron chi connectivity index (χ1n) is 10.4. The van der Waals surface area contributed by atoms with Crippen LogP contribution in [0.5, 0.6) is 0 Å². The van der Waals surface area contributed by atoms with E-state index in [2.05, 4.69) is 15.6 Å². The third kappa shape index (κ3) is 5.31. The van der Waals surface area contributed by atoms with Gasteiger partial charge in [0.1, 0.15) is 6.04 Å². The number of pyridine rings is 1. The summed E-state index contributed by atoms with van der Waals surface area (Å²) in [6.45, 7) is 0.534. The Balaban J connectivity index is 1.38. The zero-order valence-electron chi connectivity index (χ0n) is 17.5. The third-order valence-corrected chi connectivity index (χ3v) is 5.41. The molecule has 2 heterocycles. The first kappa shape index (κ1) is 22.3. The van der Waals surface area contributed by atoms with Crippen molar-refractivity contribution in [2.45, 2.75) is 25.1 Å². The van der Waals surface area contributed by atoms with Crippen LogP contribution in [0.15, 0.2) is 73.1 Å². The SMILES string of the molecule is O=C(Nc1ccc(C(F)(F)F)cc1)NC1CCCN(c2ccc(-c3ccncc3)cc2)C1=O. The van der Waals surface area contributed by atoms with Crippen LogP contribution in [0.25, 0.3) is 11.1 Å². The number of carbonyl (C=O) groups excluding carboxylic acids is 2. The number of hydrogen-bond donors (Lipinski definition) is 2. The van der Waals surface area contributed by atoms with E-state index in [0.717, 1.165) is 28.9 Å². The lowest BCUT2D eigenvalue weighted by atomic mass is 10.0. The Morgan fingerprint density at radius 2 is 1.58 bits per heavy atom. The van der Waals surface area contributed by atoms with Crippen LogP contribution in [0.2, 0.25) is 0 Å². The number of carbonyl (C=O) groups is 2. The molecule has 0 radical (unpaired) electrons. The van der Waals surface area contributed by atoms with Gasteiger partial charge < -0.3 is 15.5 Å². The quantitative estimate of drug-likeness (QED) is 0.577. The molecule has 3 amide bonds. The van der Waals surface area contributed by atoms with Crippen LogP contribution in [0.4, 0.5) is 29.3 Å². The van der Waals surface area contributed by atoms with Gasteiger partial charge in [-0.3, -0.25) is 9.78 Å². The molecule has 0 aliphatic carbocycles. The molecular formula is C24H21F3N4O2. The molecule has 0 bridgehead atoms. The van der Waals surface area contributed by atoms with Crippen molar-refractivity contribution in [1.29, 1.82) is 0 Å². The molecule has 1 aliphatic heterocycles. The molecule has 33 heavy (non-hydrogen) atoms. The molecule has 3 aromatic rings. The average Bonchev–Trinajstić information content (AvgIpc) is 2.81. The van der Waals surface area contributed by atoms with Crippen LogP contribution in [0.3, 0.4) is 0 Å². The fraction of sp³-hybridized carbons (Fsp3) is 0.208. The van der Waals surface area contributed by atoms with Crippen LogP contribution in [-0.4, -0.2) is 29.5 Å². The molecule has 2 N–H and O–H groups in total. The highest BCUT2D eigenvalue weighted by atomic mass is 19.4. The minimum absolute atomic E-state index is 0.201. The molecule has 2 aromatic carbocycles. The first-order chi connectivity index (χ1) is 15.8. The van der Waals surface area contributed by atoms with E-state index in [1.165, 1.54) is 12.1 Å². The number of nitrogens with zero attached hydrogens (tertiary/aromatic N) is 2. The van der Waals surface area contributed by atoms with E-state index in [1.54, 1.807) is 17.3 Å². The maximum absolute atomic E-state index is 13.0. The van der Waals surface area contributed by atoms with Gasteiger partial charge in [-0.05, 0) is 72.5 Å². The van der Waals surface area contributed by atoms with Crippen LogP contribution in [-0.2, 0) is 11.0 Å². The maximum atomic E-state index is 13.0. The second-order valence-electron chi connectivity index (χ2n) is 7.64. The van der Waals surface area contributed by atoms with Gasteiger partial charge in [0, 0.05) is 30.3 Å². The zero-order chi connectivity index (χ0) is 23.4. The van der Waals surface area contributed by atoms with E-state index in [0.29, 0.717) is 19.4 Å². The first-order valence-corrected chi connectivity index (χ1v) is 10.4. The molecule has 1 fully saturated rings. The smallest absolute Gasteiger partial charge is 0.326 e. The third-order valence-electron chi connectivity index (χ3n) is 5.41. The second-order valence-corrected chi connectivity index (χ2v) is 7.64. The molecule has 1 aromatic heterocycles. The van der Waals surface area contributed by atoms with E-state index < -0.39 is 23.8 Å². The van der Waals surface area contributed by atoms with Crippen molar-refractivity contribution in [3.8, 4) is 11.1 Å². The zero-order valence-corrected chi connectivity index (χ0v) is 17.5. The summed E-state index contributed by atoms with van der Waals surface area (Å²) in [5.74, 6) is -0.236. The van der Waals surface area contributed by atoms with Gasteiger partial charge in [-0.25, -0.2) is 4.79 Å². The molecule has 1 atom stereocenters. The van der Waals surface area contributed by atoms with Crippen molar-refractivity contribution in [3.05, 3.63) is 78.6 Å². The summed E-state index contributed by atoms with van der Waals surface area (Å²) in [6, 6.07) is 14.1. The van der Waals surface area contributed by atoms with Gasteiger partial charge in [0.15, 0.2) is 0 Å². The maximum Gasteiger partial charge on any atom is 0.416 e. The monoisotopic (exact) mass is 454 g/mol. The van der Waals surface area contributed by atoms with Crippen LogP contribution in [0, 0.1) is 0 Å². The van der Waals surface area contributed by atoms with Gasteiger partial charge in [0.25, 0.3) is 0 Å². The number of aromatic nitrogens is 1. The lowest BCUT2D eigenvalue weighted by Gasteiger charge is -2.32. The highest BCUT2D eigenvalue weighted by Gasteiger charge is 2.32. The molecule has 0 saturated carbocycles. The summed E-state index contributed by atoms with van der Waals surface area (Å²) in [4.78, 5) is 30.9. The van der Waals surface area contributed by atoms with E-state index in [4.69, 9.17) is 0 Å². The molecule has 170 valence electrons. The van der Waals surface area contributed by atoms with Crippen molar-refractivity contribution in [2.24, 2.45) is 0 Å². The second kappa shape index (κ2) is 9.32. The molecule has 0 spiro atoms. The van der Waals surface area contributed by atoms with E-state index >= 15 is 0 Å². The number of anilines is 2. The van der Waals surface area contributed by atoms with Crippen molar-refractivity contribution in [3.63, 3.8) is 0 Å². The van der Waals surface area contributed by atoms with Crippen molar-refractivity contribution in [1.82, 2.24) is 10.3 Å². The summed E-state index contributed by atoms with van der Waals surface area (Å²) < 4.78 is 38.0. The predicted molar refractivity (Wildman–Crippen MR) is 119 cm³/mol. The molecular weight excluding hydrogens is 433 g/mol. The number of benzene rings is 2. The predicted octanol–water partition coefficient (Wildman–Crippen LogP) is 5.08. The Kier molecular flexibility index (Phi) is 6.30. The van der Waals surface area contributed by atoms with E-state index in [1.807, 2.05) is 36.4 Å². The van der Waals surface area contributed by atoms with E-state index in [9.17, 15) is 22.8 Å². The standard InChI is InChI=1S/C24H21F3N4O2/c25-24(26,27)18-5-7-19(8-6-18)29-23(33)30-21-2-1-15-31(22(21)32)20-9-3-16(4-10-20)17-11-13-28-14-12-17/h3-14,21H,1-2,15H2,(H2,29,30,33). The van der Waals surface area contributed by atoms with Crippen molar-refractivity contribution < 1.29 is 22.8 Å². The Morgan fingerprint density at radius 3 is 2.21 bits per heavy atom. The molecule has 1 unspecified atom stereocenters. The lowest BCUT2D eigenvalue weighted by Crippen LogP contribution is -2.53. The Bertz CT molecular complexity index is 1120. The molecule has 9 heteroatoms. The summed E-state index contributed by atoms with van der Waals surface area (Å²) in [6.07, 6.45) is 0.149. The Labute approximate surface area is 188 Å². The highest BCUT2D eigenvalue weighted by Crippen LogP contribution is 2.30. The number of halogens is 3. The average molecular weight is 454 g/mol. The topological polar surface area (TPSA) is 74.3 Å². The Hall–Kier alpha value is -3.88. The number of alkyl halides is 3. The number of hydrogen-bond acceptors (Lipinski definition) is 3. The number of amides is 3. The molecule has 6 nitrogen and oxygen atoms in total. The normalized spacial score (nSPS) is 16.4. The lowest BCUT2D eigenvalue weighted by molar-refractivity contribution is -0.137. The summed E-state index contributed by atoms with van der Waals surface area (Å²) in [5.41, 5.74) is 2.14. The highest BCUT2D eigenvalue weighted by molar-refractivity contribution is 6.01.